The van der Waals surface area contributed by atoms with Crippen LogP contribution < -0.4 is 5.32 Å². The summed E-state index contributed by atoms with van der Waals surface area (Å²) >= 11 is 0. The summed E-state index contributed by atoms with van der Waals surface area (Å²) in [4.78, 5) is 11.3. The van der Waals surface area contributed by atoms with Gasteiger partial charge in [-0.25, -0.2) is 4.79 Å². The van der Waals surface area contributed by atoms with Crippen LogP contribution in [0.2, 0.25) is 0 Å². The lowest BCUT2D eigenvalue weighted by atomic mass is 10.2. The molecule has 0 saturated heterocycles. The Labute approximate surface area is 85.8 Å². The fraction of sp³-hybridized carbons (Fsp3) is 0.545. The van der Waals surface area contributed by atoms with Crippen LogP contribution in [0.3, 0.4) is 0 Å². The van der Waals surface area contributed by atoms with Crippen molar-refractivity contribution in [1.82, 2.24) is 5.32 Å². The molecule has 0 aromatic carbocycles. The Kier molecular flexibility index (Phi) is 4.99. The van der Waals surface area contributed by atoms with E-state index >= 15 is 0 Å². The molecule has 1 atom stereocenters. The molecular formula is C11H19NO2. The second-order valence-electron chi connectivity index (χ2n) is 4.01. The third kappa shape index (κ3) is 6.29. The first-order chi connectivity index (χ1) is 6.39. The average molecular weight is 197 g/mol. The average Bonchev–Trinajstić information content (AvgIpc) is 2.00. The largest absolute Gasteiger partial charge is 0.444 e. The minimum absolute atomic E-state index is 0.109. The van der Waals surface area contributed by atoms with Crippen LogP contribution in [0.4, 0.5) is 4.79 Å². The van der Waals surface area contributed by atoms with Crippen molar-refractivity contribution in [1.29, 1.82) is 0 Å². The van der Waals surface area contributed by atoms with E-state index in [2.05, 4.69) is 18.5 Å². The molecule has 0 aliphatic rings. The van der Waals surface area contributed by atoms with E-state index in [1.807, 2.05) is 20.8 Å². The number of alkyl carbamates (subject to hydrolysis) is 1. The molecule has 0 aliphatic carbocycles. The second-order valence-corrected chi connectivity index (χ2v) is 4.01. The van der Waals surface area contributed by atoms with Crippen molar-refractivity contribution in [2.45, 2.75) is 38.8 Å². The van der Waals surface area contributed by atoms with Crippen LogP contribution in [0.5, 0.6) is 0 Å². The molecule has 0 saturated carbocycles. The molecule has 3 nitrogen and oxygen atoms in total. The smallest absolute Gasteiger partial charge is 0.408 e. The second kappa shape index (κ2) is 5.47. The van der Waals surface area contributed by atoms with Gasteiger partial charge in [0.1, 0.15) is 5.60 Å². The normalized spacial score (nSPS) is 12.8. The van der Waals surface area contributed by atoms with Gasteiger partial charge in [0.15, 0.2) is 0 Å². The van der Waals surface area contributed by atoms with Crippen LogP contribution in [-0.2, 0) is 4.74 Å². The molecule has 0 unspecified atom stereocenters. The van der Waals surface area contributed by atoms with E-state index in [1.165, 1.54) is 0 Å². The van der Waals surface area contributed by atoms with Gasteiger partial charge in [0.2, 0.25) is 0 Å². The quantitative estimate of drug-likeness (QED) is 0.703. The lowest BCUT2D eigenvalue weighted by Gasteiger charge is -2.21. The van der Waals surface area contributed by atoms with Crippen molar-refractivity contribution >= 4 is 6.09 Å². The number of nitrogens with one attached hydrogen (secondary N) is 1. The Morgan fingerprint density at radius 1 is 1.50 bits per heavy atom. The molecule has 0 spiro atoms. The van der Waals surface area contributed by atoms with Crippen molar-refractivity contribution in [2.24, 2.45) is 0 Å². The van der Waals surface area contributed by atoms with Crippen LogP contribution in [0.25, 0.3) is 0 Å². The molecule has 0 bridgehead atoms. The number of hydrogen-bond acceptors (Lipinski definition) is 2. The molecule has 0 fully saturated rings. The highest BCUT2D eigenvalue weighted by molar-refractivity contribution is 5.68. The zero-order valence-electron chi connectivity index (χ0n) is 9.17. The number of carbonyl (C=O) groups is 1. The highest BCUT2D eigenvalue weighted by atomic mass is 16.6. The summed E-state index contributed by atoms with van der Waals surface area (Å²) in [5.41, 5.74) is -0.468. The van der Waals surface area contributed by atoms with Crippen LogP contribution in [0.15, 0.2) is 25.3 Å². The maximum absolute atomic E-state index is 11.3. The van der Waals surface area contributed by atoms with Gasteiger partial charge in [0.25, 0.3) is 0 Å². The first kappa shape index (κ1) is 12.8. The molecule has 0 rings (SSSR count). The van der Waals surface area contributed by atoms with E-state index in [-0.39, 0.29) is 6.04 Å². The van der Waals surface area contributed by atoms with Crippen molar-refractivity contribution < 1.29 is 9.53 Å². The minimum Gasteiger partial charge on any atom is -0.444 e. The molecule has 80 valence electrons. The van der Waals surface area contributed by atoms with Gasteiger partial charge in [-0.05, 0) is 27.2 Å². The Morgan fingerprint density at radius 3 is 2.43 bits per heavy atom. The Hall–Kier alpha value is -1.25. The first-order valence-corrected chi connectivity index (χ1v) is 4.62. The zero-order valence-corrected chi connectivity index (χ0v) is 9.17. The van der Waals surface area contributed by atoms with Crippen molar-refractivity contribution in [2.75, 3.05) is 0 Å². The Bertz CT molecular complexity index is 216. The van der Waals surface area contributed by atoms with Crippen molar-refractivity contribution in [3.8, 4) is 0 Å². The van der Waals surface area contributed by atoms with Crippen molar-refractivity contribution in [3.05, 3.63) is 25.3 Å². The number of ether oxygens (including phenoxy) is 1. The van der Waals surface area contributed by atoms with Gasteiger partial charge in [0, 0.05) is 0 Å². The standard InChI is InChI=1S/C11H19NO2/c1-6-8-9(7-2)12-10(13)14-11(3,4)5/h6-7,9H,1-2,8H2,3-5H3,(H,12,13)/t9-/m0/s1. The molecule has 1 N–H and O–H groups in total. The first-order valence-electron chi connectivity index (χ1n) is 4.62. The van der Waals surface area contributed by atoms with Gasteiger partial charge in [-0.1, -0.05) is 12.2 Å². The molecular weight excluding hydrogens is 178 g/mol. The van der Waals surface area contributed by atoms with E-state index in [0.29, 0.717) is 6.42 Å². The predicted octanol–water partition coefficient (Wildman–Crippen LogP) is 2.64. The summed E-state index contributed by atoms with van der Waals surface area (Å²) in [7, 11) is 0. The third-order valence-corrected chi connectivity index (χ3v) is 1.41. The SMILES string of the molecule is C=CC[C@H](C=C)NC(=O)OC(C)(C)C. The number of amides is 1. The van der Waals surface area contributed by atoms with Gasteiger partial charge < -0.3 is 10.1 Å². The fourth-order valence-electron chi connectivity index (χ4n) is 0.853. The van der Waals surface area contributed by atoms with Gasteiger partial charge in [-0.3, -0.25) is 0 Å². The Morgan fingerprint density at radius 2 is 2.07 bits per heavy atom. The number of rotatable bonds is 4. The molecule has 0 aromatic rings. The van der Waals surface area contributed by atoms with Crippen LogP contribution in [0, 0.1) is 0 Å². The monoisotopic (exact) mass is 197 g/mol. The molecule has 0 heterocycles. The lowest BCUT2D eigenvalue weighted by Crippen LogP contribution is -2.37. The van der Waals surface area contributed by atoms with Crippen LogP contribution in [-0.4, -0.2) is 17.7 Å². The van der Waals surface area contributed by atoms with Gasteiger partial charge in [-0.15, -0.1) is 13.2 Å². The number of hydrogen-bond donors (Lipinski definition) is 1. The van der Waals surface area contributed by atoms with E-state index in [1.54, 1.807) is 12.2 Å². The molecule has 1 amide bonds. The van der Waals surface area contributed by atoms with E-state index in [0.717, 1.165) is 0 Å². The zero-order chi connectivity index (χ0) is 11.2. The van der Waals surface area contributed by atoms with Gasteiger partial charge >= 0.3 is 6.09 Å². The molecule has 0 aromatic heterocycles. The third-order valence-electron chi connectivity index (χ3n) is 1.41. The maximum atomic E-state index is 11.3. The Balaban J connectivity index is 4.03. The summed E-state index contributed by atoms with van der Waals surface area (Å²) < 4.78 is 5.08. The lowest BCUT2D eigenvalue weighted by molar-refractivity contribution is 0.0515. The summed E-state index contributed by atoms with van der Waals surface area (Å²) in [6, 6.07) is -0.109. The highest BCUT2D eigenvalue weighted by Crippen LogP contribution is 2.07. The summed E-state index contributed by atoms with van der Waals surface area (Å²) in [6.45, 7) is 12.7. The van der Waals surface area contributed by atoms with Gasteiger partial charge in [-0.2, -0.15) is 0 Å². The number of carbonyl (C=O) groups excluding carboxylic acids is 1. The van der Waals surface area contributed by atoms with E-state index < -0.39 is 11.7 Å². The summed E-state index contributed by atoms with van der Waals surface area (Å²) in [5.74, 6) is 0. The maximum Gasteiger partial charge on any atom is 0.408 e. The van der Waals surface area contributed by atoms with Gasteiger partial charge in [0.05, 0.1) is 6.04 Å². The topological polar surface area (TPSA) is 38.3 Å². The minimum atomic E-state index is -0.468. The predicted molar refractivity (Wildman–Crippen MR) is 58.2 cm³/mol. The van der Waals surface area contributed by atoms with Crippen molar-refractivity contribution in [3.63, 3.8) is 0 Å². The molecule has 14 heavy (non-hydrogen) atoms. The summed E-state index contributed by atoms with van der Waals surface area (Å²) in [6.07, 6.45) is 3.61. The van der Waals surface area contributed by atoms with E-state index in [4.69, 9.17) is 4.74 Å². The fourth-order valence-corrected chi connectivity index (χ4v) is 0.853. The summed E-state index contributed by atoms with van der Waals surface area (Å²) in [5, 5.41) is 2.67. The van der Waals surface area contributed by atoms with Crippen LogP contribution >= 0.6 is 0 Å². The van der Waals surface area contributed by atoms with Crippen LogP contribution in [0.1, 0.15) is 27.2 Å². The molecule has 0 aliphatic heterocycles. The van der Waals surface area contributed by atoms with E-state index in [9.17, 15) is 4.79 Å². The molecule has 3 heteroatoms. The highest BCUT2D eigenvalue weighted by Gasteiger charge is 2.17. The molecule has 0 radical (unpaired) electrons.